The van der Waals surface area contributed by atoms with Crippen LogP contribution in [0.15, 0.2) is 59.3 Å². The van der Waals surface area contributed by atoms with Crippen molar-refractivity contribution in [1.82, 2.24) is 0 Å². The highest BCUT2D eigenvalue weighted by molar-refractivity contribution is 6.01. The Labute approximate surface area is 219 Å². The van der Waals surface area contributed by atoms with E-state index in [0.717, 1.165) is 37.7 Å². The van der Waals surface area contributed by atoms with Crippen LogP contribution in [0.5, 0.6) is 11.5 Å². The molecule has 0 bridgehead atoms. The third-order valence-electron chi connectivity index (χ3n) is 6.28. The fourth-order valence-electron chi connectivity index (χ4n) is 4.44. The zero-order valence-corrected chi connectivity index (χ0v) is 21.9. The number of ether oxygens (including phenoxy) is 2. The van der Waals surface area contributed by atoms with Crippen LogP contribution in [-0.4, -0.2) is 41.7 Å². The van der Waals surface area contributed by atoms with Crippen molar-refractivity contribution in [1.29, 1.82) is 0 Å². The van der Waals surface area contributed by atoms with E-state index >= 15 is 0 Å². The number of rotatable bonds is 12. The largest absolute Gasteiger partial charge is 0.507 e. The summed E-state index contributed by atoms with van der Waals surface area (Å²) in [6, 6.07) is 1.20. The molecule has 1 aromatic rings. The molecule has 7 heteroatoms. The molecule has 0 aromatic heterocycles. The molecule has 1 unspecified atom stereocenters. The molecule has 1 aromatic carbocycles. The molecule has 0 radical (unpaired) electrons. The maximum atomic E-state index is 13.2. The van der Waals surface area contributed by atoms with Crippen LogP contribution in [0.2, 0.25) is 0 Å². The fourth-order valence-corrected chi connectivity index (χ4v) is 4.44. The fraction of sp³-hybridized carbons (Fsp3) is 0.467. The van der Waals surface area contributed by atoms with Gasteiger partial charge in [-0.05, 0) is 69.1 Å². The van der Waals surface area contributed by atoms with E-state index in [4.69, 9.17) is 14.3 Å². The molecule has 1 aliphatic carbocycles. The standard InChI is InChI=1S/C30H39NO6/c1-3-5-11-18-36-30(34)29-24(28(25(32)20-26(29)33)27-16-10-12-17-35-27)19-23(15-6-4-2)31-37-21-22-13-8-7-9-14-22/h3,5-6,8,13-15,20,27,32-33H,4,7,9-12,16-19,21H2,1-2H3/b5-3+,15-6+,31-23+. The summed E-state index contributed by atoms with van der Waals surface area (Å²) in [5, 5.41) is 26.1. The highest BCUT2D eigenvalue weighted by Gasteiger charge is 2.30. The van der Waals surface area contributed by atoms with Crippen molar-refractivity contribution in [3.8, 4) is 11.5 Å². The zero-order valence-electron chi connectivity index (χ0n) is 21.9. The van der Waals surface area contributed by atoms with E-state index in [1.807, 2.05) is 44.2 Å². The number of esters is 1. The van der Waals surface area contributed by atoms with Crippen molar-refractivity contribution in [2.75, 3.05) is 19.8 Å². The molecule has 0 saturated carbocycles. The summed E-state index contributed by atoms with van der Waals surface area (Å²) in [5.74, 6) is -1.09. The smallest absolute Gasteiger partial charge is 0.342 e. The number of phenolic OH excluding ortho intramolecular Hbond substituents is 2. The average molecular weight is 510 g/mol. The minimum atomic E-state index is -0.647. The van der Waals surface area contributed by atoms with E-state index < -0.39 is 12.1 Å². The van der Waals surface area contributed by atoms with Gasteiger partial charge in [0, 0.05) is 24.7 Å². The molecule has 2 aliphatic rings. The predicted octanol–water partition coefficient (Wildman–Crippen LogP) is 6.62. The molecule has 1 atom stereocenters. The molecular formula is C30H39NO6. The van der Waals surface area contributed by atoms with Crippen LogP contribution < -0.4 is 0 Å². The number of carbonyl (C=O) groups is 1. The highest BCUT2D eigenvalue weighted by Crippen LogP contribution is 2.41. The van der Waals surface area contributed by atoms with Gasteiger partial charge in [0.25, 0.3) is 0 Å². The highest BCUT2D eigenvalue weighted by atomic mass is 16.6. The first kappa shape index (κ1) is 28.3. The Bertz CT molecular complexity index is 1060. The first-order valence-electron chi connectivity index (χ1n) is 13.2. The summed E-state index contributed by atoms with van der Waals surface area (Å²) in [4.78, 5) is 18.9. The second-order valence-electron chi connectivity index (χ2n) is 9.13. The Hall–Kier alpha value is -3.32. The Balaban J connectivity index is 1.98. The van der Waals surface area contributed by atoms with E-state index in [-0.39, 0.29) is 30.1 Å². The lowest BCUT2D eigenvalue weighted by Crippen LogP contribution is -2.19. The maximum absolute atomic E-state index is 13.2. The van der Waals surface area contributed by atoms with Crippen molar-refractivity contribution >= 4 is 11.7 Å². The number of benzene rings is 1. The minimum Gasteiger partial charge on any atom is -0.507 e. The molecule has 37 heavy (non-hydrogen) atoms. The lowest BCUT2D eigenvalue weighted by molar-refractivity contribution is 0.0130. The topological polar surface area (TPSA) is 97.6 Å². The summed E-state index contributed by atoms with van der Waals surface area (Å²) in [7, 11) is 0. The molecule has 0 amide bonds. The van der Waals surface area contributed by atoms with E-state index in [0.29, 0.717) is 42.9 Å². The third-order valence-corrected chi connectivity index (χ3v) is 6.28. The number of phenols is 2. The Morgan fingerprint density at radius 1 is 1.22 bits per heavy atom. The number of aromatic hydroxyl groups is 2. The van der Waals surface area contributed by atoms with Gasteiger partial charge in [-0.25, -0.2) is 4.79 Å². The van der Waals surface area contributed by atoms with Crippen molar-refractivity contribution in [2.24, 2.45) is 5.16 Å². The van der Waals surface area contributed by atoms with Crippen LogP contribution >= 0.6 is 0 Å². The summed E-state index contributed by atoms with van der Waals surface area (Å²) in [5.41, 5.74) is 2.59. The molecule has 0 spiro atoms. The molecule has 1 heterocycles. The number of hydrogen-bond acceptors (Lipinski definition) is 7. The van der Waals surface area contributed by atoms with Gasteiger partial charge in [-0.1, -0.05) is 48.5 Å². The monoisotopic (exact) mass is 509 g/mol. The van der Waals surface area contributed by atoms with Gasteiger partial charge in [0.15, 0.2) is 0 Å². The normalized spacial score (nSPS) is 18.4. The van der Waals surface area contributed by atoms with Crippen molar-refractivity contribution in [3.63, 3.8) is 0 Å². The first-order chi connectivity index (χ1) is 18.0. The van der Waals surface area contributed by atoms with E-state index in [1.54, 1.807) is 0 Å². The van der Waals surface area contributed by atoms with E-state index in [1.165, 1.54) is 6.07 Å². The van der Waals surface area contributed by atoms with E-state index in [9.17, 15) is 15.0 Å². The number of oxime groups is 1. The van der Waals surface area contributed by atoms with Crippen LogP contribution in [0.25, 0.3) is 0 Å². The molecular weight excluding hydrogens is 470 g/mol. The number of nitrogens with zero attached hydrogens (tertiary/aromatic N) is 1. The second-order valence-corrected chi connectivity index (χ2v) is 9.13. The Morgan fingerprint density at radius 3 is 2.78 bits per heavy atom. The van der Waals surface area contributed by atoms with Crippen LogP contribution in [-0.2, 0) is 20.7 Å². The number of hydrogen-bond donors (Lipinski definition) is 2. The Morgan fingerprint density at radius 2 is 2.08 bits per heavy atom. The van der Waals surface area contributed by atoms with Crippen molar-refractivity contribution in [2.45, 2.75) is 71.3 Å². The molecule has 7 nitrogen and oxygen atoms in total. The second kappa shape index (κ2) is 15.1. The van der Waals surface area contributed by atoms with Gasteiger partial charge in [-0.15, -0.1) is 0 Å². The number of allylic oxidation sites excluding steroid dienone is 5. The van der Waals surface area contributed by atoms with Crippen molar-refractivity contribution < 1.29 is 29.3 Å². The average Bonchev–Trinajstić information content (AvgIpc) is 2.90. The van der Waals surface area contributed by atoms with Gasteiger partial charge in [0.2, 0.25) is 0 Å². The molecule has 2 N–H and O–H groups in total. The molecule has 200 valence electrons. The molecule has 3 rings (SSSR count). The van der Waals surface area contributed by atoms with Crippen LogP contribution in [0, 0.1) is 0 Å². The maximum Gasteiger partial charge on any atom is 0.342 e. The zero-order chi connectivity index (χ0) is 26.5. The number of carbonyl (C=O) groups excluding carboxylic acids is 1. The lowest BCUT2D eigenvalue weighted by atomic mass is 9.88. The van der Waals surface area contributed by atoms with Gasteiger partial charge in [-0.3, -0.25) is 0 Å². The van der Waals surface area contributed by atoms with Crippen molar-refractivity contribution in [3.05, 3.63) is 70.9 Å². The Kier molecular flexibility index (Phi) is 11.5. The van der Waals surface area contributed by atoms with Gasteiger partial charge < -0.3 is 24.5 Å². The summed E-state index contributed by atoms with van der Waals surface area (Å²) >= 11 is 0. The van der Waals surface area contributed by atoms with Gasteiger partial charge in [0.1, 0.15) is 23.7 Å². The van der Waals surface area contributed by atoms with Gasteiger partial charge in [0.05, 0.1) is 18.4 Å². The minimum absolute atomic E-state index is 0.0259. The summed E-state index contributed by atoms with van der Waals surface area (Å²) in [6.45, 7) is 5.00. The predicted molar refractivity (Wildman–Crippen MR) is 145 cm³/mol. The molecule has 1 aliphatic heterocycles. The quantitative estimate of drug-likeness (QED) is 0.108. The SMILES string of the molecule is C/C=C/CCOC(=O)c1c(O)cc(O)c(C2CCCCO2)c1CC(/C=C/CC)=N/OCC1=CCCC=C1. The molecule has 1 saturated heterocycles. The summed E-state index contributed by atoms with van der Waals surface area (Å²) in [6.07, 6.45) is 19.6. The molecule has 1 fully saturated rings. The first-order valence-corrected chi connectivity index (χ1v) is 13.2. The van der Waals surface area contributed by atoms with Crippen LogP contribution in [0.4, 0.5) is 0 Å². The third kappa shape index (κ3) is 8.35. The van der Waals surface area contributed by atoms with Crippen LogP contribution in [0.3, 0.4) is 0 Å². The van der Waals surface area contributed by atoms with Gasteiger partial charge >= 0.3 is 5.97 Å². The van der Waals surface area contributed by atoms with Crippen LogP contribution in [0.1, 0.15) is 86.4 Å². The lowest BCUT2D eigenvalue weighted by Gasteiger charge is -2.27. The van der Waals surface area contributed by atoms with Gasteiger partial charge in [-0.2, -0.15) is 0 Å². The van der Waals surface area contributed by atoms with E-state index in [2.05, 4.69) is 17.3 Å². The summed E-state index contributed by atoms with van der Waals surface area (Å²) < 4.78 is 11.5.